The quantitative estimate of drug-likeness (QED) is 0.335. The van der Waals surface area contributed by atoms with Crippen LogP contribution in [-0.2, 0) is 26.6 Å². The molecule has 0 atom stereocenters. The monoisotopic (exact) mass is 520 g/mol. The Morgan fingerprint density at radius 1 is 0.971 bits per heavy atom. The summed E-state index contributed by atoms with van der Waals surface area (Å²) in [6, 6.07) is 12.6. The molecule has 10 nitrogen and oxygen atoms in total. The van der Waals surface area contributed by atoms with E-state index in [4.69, 9.17) is 5.14 Å². The third kappa shape index (κ3) is 6.51. The first-order valence-electron chi connectivity index (χ1n) is 10.9. The van der Waals surface area contributed by atoms with E-state index in [-0.39, 0.29) is 28.5 Å². The molecule has 0 saturated heterocycles. The summed E-state index contributed by atoms with van der Waals surface area (Å²) >= 11 is 0. The predicted octanol–water partition coefficient (Wildman–Crippen LogP) is 3.11. The van der Waals surface area contributed by atoms with E-state index >= 15 is 0 Å². The molecule has 0 spiro atoms. The molecule has 1 fully saturated rings. The van der Waals surface area contributed by atoms with Gasteiger partial charge in [0.25, 0.3) is 0 Å². The molecule has 0 unspecified atom stereocenters. The number of nitrogens with two attached hydrogens (primary N) is 1. The van der Waals surface area contributed by atoms with Crippen molar-refractivity contribution in [2.75, 3.05) is 10.6 Å². The van der Waals surface area contributed by atoms with Crippen LogP contribution in [0.2, 0.25) is 0 Å². The largest absolute Gasteiger partial charge is 0.338 e. The number of sulfonamides is 2. The molecule has 1 aliphatic carbocycles. The molecular formula is C22H25FN6O4S2. The molecule has 2 aromatic carbocycles. The van der Waals surface area contributed by atoms with Crippen molar-refractivity contribution >= 4 is 43.2 Å². The molecule has 186 valence electrons. The molecule has 0 bridgehead atoms. The lowest BCUT2D eigenvalue weighted by Gasteiger charge is -2.13. The molecule has 0 aliphatic heterocycles. The molecule has 3 aromatic rings. The van der Waals surface area contributed by atoms with E-state index in [2.05, 4.69) is 25.3 Å². The number of hydrogen-bond donors (Lipinski definition) is 4. The highest BCUT2D eigenvalue weighted by atomic mass is 32.2. The van der Waals surface area contributed by atoms with Gasteiger partial charge in [-0.25, -0.2) is 36.1 Å². The van der Waals surface area contributed by atoms with Crippen LogP contribution >= 0.6 is 0 Å². The molecule has 1 saturated carbocycles. The maximum Gasteiger partial charge on any atom is 0.238 e. The highest BCUT2D eigenvalue weighted by molar-refractivity contribution is 7.90. The Morgan fingerprint density at radius 3 is 2.37 bits per heavy atom. The highest BCUT2D eigenvalue weighted by Crippen LogP contribution is 2.25. The zero-order valence-corrected chi connectivity index (χ0v) is 20.2. The molecule has 4 rings (SSSR count). The van der Waals surface area contributed by atoms with Crippen LogP contribution in [0.25, 0.3) is 0 Å². The van der Waals surface area contributed by atoms with Crippen molar-refractivity contribution in [3.8, 4) is 0 Å². The Labute approximate surface area is 203 Å². The van der Waals surface area contributed by atoms with Crippen LogP contribution in [0.1, 0.15) is 31.2 Å². The van der Waals surface area contributed by atoms with E-state index in [1.54, 1.807) is 30.3 Å². The van der Waals surface area contributed by atoms with Gasteiger partial charge >= 0.3 is 0 Å². The number of primary sulfonamides is 1. The molecule has 35 heavy (non-hydrogen) atoms. The maximum absolute atomic E-state index is 14.3. The minimum absolute atomic E-state index is 0.0402. The summed E-state index contributed by atoms with van der Waals surface area (Å²) < 4.78 is 64.8. The molecular weight excluding hydrogens is 495 g/mol. The Balaban J connectivity index is 1.41. The fourth-order valence-electron chi connectivity index (χ4n) is 3.74. The van der Waals surface area contributed by atoms with Crippen molar-refractivity contribution in [2.24, 2.45) is 5.14 Å². The van der Waals surface area contributed by atoms with Crippen LogP contribution in [0.4, 0.5) is 27.5 Å². The van der Waals surface area contributed by atoms with E-state index in [1.165, 1.54) is 18.2 Å². The SMILES string of the molecule is NS(=O)(=O)c1cccc(Nc2ncc(F)c(Nc3ccc(CNS(=O)(=O)C4CCCC4)cc3)n2)c1. The summed E-state index contributed by atoms with van der Waals surface area (Å²) in [5.41, 5.74) is 1.66. The van der Waals surface area contributed by atoms with Crippen molar-refractivity contribution in [1.82, 2.24) is 14.7 Å². The fourth-order valence-corrected chi connectivity index (χ4v) is 5.85. The Morgan fingerprint density at radius 2 is 1.69 bits per heavy atom. The average molecular weight is 521 g/mol. The number of hydrogen-bond acceptors (Lipinski definition) is 8. The minimum atomic E-state index is -3.88. The van der Waals surface area contributed by atoms with E-state index in [1.807, 2.05) is 0 Å². The van der Waals surface area contributed by atoms with Crippen molar-refractivity contribution < 1.29 is 21.2 Å². The normalized spacial score (nSPS) is 14.7. The summed E-state index contributed by atoms with van der Waals surface area (Å²) in [5, 5.41) is 10.5. The topological polar surface area (TPSA) is 156 Å². The average Bonchev–Trinajstić information content (AvgIpc) is 3.37. The molecule has 0 radical (unpaired) electrons. The van der Waals surface area contributed by atoms with Gasteiger partial charge in [-0.15, -0.1) is 0 Å². The van der Waals surface area contributed by atoms with Crippen molar-refractivity contribution in [1.29, 1.82) is 0 Å². The van der Waals surface area contributed by atoms with Gasteiger partial charge < -0.3 is 10.6 Å². The summed E-state index contributed by atoms with van der Waals surface area (Å²) in [5.74, 6) is -0.750. The van der Waals surface area contributed by atoms with Gasteiger partial charge in [0, 0.05) is 17.9 Å². The first kappa shape index (κ1) is 25.0. The highest BCUT2D eigenvalue weighted by Gasteiger charge is 2.28. The number of nitrogens with zero attached hydrogens (tertiary/aromatic N) is 2. The van der Waals surface area contributed by atoms with E-state index in [0.29, 0.717) is 24.2 Å². The van der Waals surface area contributed by atoms with E-state index in [0.717, 1.165) is 24.6 Å². The van der Waals surface area contributed by atoms with Crippen molar-refractivity contribution in [3.05, 3.63) is 66.1 Å². The first-order valence-corrected chi connectivity index (χ1v) is 14.0. The molecule has 5 N–H and O–H groups in total. The standard InChI is InChI=1S/C22H25FN6O4S2/c23-20-14-25-22(28-17-4-3-7-19(12-17)34(24,30)31)29-21(20)27-16-10-8-15(9-11-16)13-26-35(32,33)18-5-1-2-6-18/h3-4,7-12,14,18,26H,1-2,5-6,13H2,(H2,24,30,31)(H2,25,27,28,29). The third-order valence-electron chi connectivity index (χ3n) is 5.60. The second-order valence-electron chi connectivity index (χ2n) is 8.18. The van der Waals surface area contributed by atoms with Gasteiger partial charge in [-0.3, -0.25) is 0 Å². The smallest absolute Gasteiger partial charge is 0.238 e. The fraction of sp³-hybridized carbons (Fsp3) is 0.273. The van der Waals surface area contributed by atoms with Gasteiger partial charge in [0.15, 0.2) is 11.6 Å². The second kappa shape index (κ2) is 10.2. The molecule has 0 amide bonds. The molecule has 1 aromatic heterocycles. The minimum Gasteiger partial charge on any atom is -0.338 e. The van der Waals surface area contributed by atoms with Crippen LogP contribution in [0, 0.1) is 5.82 Å². The summed E-state index contributed by atoms with van der Waals surface area (Å²) in [6.07, 6.45) is 4.23. The van der Waals surface area contributed by atoms with E-state index < -0.39 is 25.9 Å². The van der Waals surface area contributed by atoms with Crippen LogP contribution in [0.3, 0.4) is 0 Å². The molecule has 1 aliphatic rings. The number of aromatic nitrogens is 2. The van der Waals surface area contributed by atoms with Crippen molar-refractivity contribution in [2.45, 2.75) is 42.4 Å². The van der Waals surface area contributed by atoms with Gasteiger partial charge in [-0.1, -0.05) is 31.0 Å². The zero-order chi connectivity index (χ0) is 25.1. The Hall–Kier alpha value is -3.13. The number of rotatable bonds is 9. The van der Waals surface area contributed by atoms with E-state index in [9.17, 15) is 21.2 Å². The van der Waals surface area contributed by atoms with Gasteiger partial charge in [0.05, 0.1) is 16.3 Å². The summed E-state index contributed by atoms with van der Waals surface area (Å²) in [7, 11) is -7.23. The van der Waals surface area contributed by atoms with Gasteiger partial charge in [0.1, 0.15) is 0 Å². The van der Waals surface area contributed by atoms with Gasteiger partial charge in [0.2, 0.25) is 26.0 Å². The predicted molar refractivity (Wildman–Crippen MR) is 131 cm³/mol. The number of anilines is 4. The van der Waals surface area contributed by atoms with Crippen LogP contribution < -0.4 is 20.5 Å². The zero-order valence-electron chi connectivity index (χ0n) is 18.6. The van der Waals surface area contributed by atoms with Crippen LogP contribution in [0.15, 0.2) is 59.6 Å². The molecule has 13 heteroatoms. The third-order valence-corrected chi connectivity index (χ3v) is 8.40. The van der Waals surface area contributed by atoms with Gasteiger partial charge in [-0.05, 0) is 48.7 Å². The van der Waals surface area contributed by atoms with Crippen molar-refractivity contribution in [3.63, 3.8) is 0 Å². The Kier molecular flexibility index (Phi) is 7.31. The summed E-state index contributed by atoms with van der Waals surface area (Å²) in [6.45, 7) is 0.173. The molecule has 1 heterocycles. The first-order chi connectivity index (χ1) is 16.6. The van der Waals surface area contributed by atoms with Crippen LogP contribution in [-0.4, -0.2) is 32.1 Å². The summed E-state index contributed by atoms with van der Waals surface area (Å²) in [4.78, 5) is 7.90. The van der Waals surface area contributed by atoms with Gasteiger partial charge in [-0.2, -0.15) is 4.98 Å². The number of halogens is 1. The lowest BCUT2D eigenvalue weighted by molar-refractivity contribution is 0.564. The Bertz CT molecular complexity index is 1410. The second-order valence-corrected chi connectivity index (χ2v) is 11.8. The maximum atomic E-state index is 14.3. The lowest BCUT2D eigenvalue weighted by Crippen LogP contribution is -2.32. The van der Waals surface area contributed by atoms with Crippen LogP contribution in [0.5, 0.6) is 0 Å². The lowest BCUT2D eigenvalue weighted by atomic mass is 10.2. The number of benzene rings is 2. The number of nitrogens with one attached hydrogen (secondary N) is 3.